The first-order valence-electron chi connectivity index (χ1n) is 6.12. The second-order valence-electron chi connectivity index (χ2n) is 5.34. The van der Waals surface area contributed by atoms with Crippen LogP contribution in [0.2, 0.25) is 0 Å². The van der Waals surface area contributed by atoms with Gasteiger partial charge in [0, 0.05) is 13.7 Å². The molecule has 1 amide bonds. The van der Waals surface area contributed by atoms with Crippen LogP contribution in [0, 0.1) is 0 Å². The molecule has 0 N–H and O–H groups in total. The highest BCUT2D eigenvalue weighted by Gasteiger charge is 2.31. The highest BCUT2D eigenvalue weighted by molar-refractivity contribution is 5.69. The van der Waals surface area contributed by atoms with Crippen molar-refractivity contribution in [2.45, 2.75) is 45.4 Å². The van der Waals surface area contributed by atoms with Crippen molar-refractivity contribution in [1.82, 2.24) is 4.90 Å². The Kier molecular flexibility index (Phi) is 5.16. The van der Waals surface area contributed by atoms with Gasteiger partial charge in [-0.25, -0.2) is 4.79 Å². The van der Waals surface area contributed by atoms with Crippen molar-refractivity contribution >= 4 is 6.09 Å². The minimum atomic E-state index is -0.485. The summed E-state index contributed by atoms with van der Waals surface area (Å²) in [5.74, 6) is 0. The number of rotatable bonds is 3. The number of carbonyl (C=O) groups is 1. The van der Waals surface area contributed by atoms with Crippen LogP contribution < -0.4 is 0 Å². The third-order valence-electron chi connectivity index (χ3n) is 2.60. The highest BCUT2D eigenvalue weighted by atomic mass is 16.7. The maximum absolute atomic E-state index is 12.0. The number of methoxy groups -OCH3 is 1. The molecule has 5 heteroatoms. The normalized spacial score (nSPS) is 24.2. The molecule has 1 rings (SSSR count). The van der Waals surface area contributed by atoms with E-state index < -0.39 is 5.60 Å². The van der Waals surface area contributed by atoms with Crippen LogP contribution in [0.25, 0.3) is 0 Å². The van der Waals surface area contributed by atoms with Crippen LogP contribution in [0.3, 0.4) is 0 Å². The number of carbonyl (C=O) groups excluding carboxylic acids is 1. The van der Waals surface area contributed by atoms with E-state index in [9.17, 15) is 4.79 Å². The predicted octanol–water partition coefficient (Wildman–Crippen LogP) is 2.17. The molecule has 0 fully saturated rings. The van der Waals surface area contributed by atoms with Crippen molar-refractivity contribution in [2.24, 2.45) is 0 Å². The van der Waals surface area contributed by atoms with Gasteiger partial charge < -0.3 is 14.2 Å². The molecule has 0 saturated carbocycles. The van der Waals surface area contributed by atoms with Gasteiger partial charge in [-0.2, -0.15) is 0 Å². The van der Waals surface area contributed by atoms with Crippen molar-refractivity contribution in [1.29, 1.82) is 0 Å². The summed E-state index contributed by atoms with van der Waals surface area (Å²) in [5.41, 5.74) is -0.485. The van der Waals surface area contributed by atoms with E-state index in [-0.39, 0.29) is 25.0 Å². The quantitative estimate of drug-likeness (QED) is 0.574. The second kappa shape index (κ2) is 6.20. The fourth-order valence-corrected chi connectivity index (χ4v) is 1.72. The zero-order valence-electron chi connectivity index (χ0n) is 11.8. The molecule has 104 valence electrons. The van der Waals surface area contributed by atoms with E-state index in [1.54, 1.807) is 12.0 Å². The van der Waals surface area contributed by atoms with Gasteiger partial charge in [-0.3, -0.25) is 4.90 Å². The van der Waals surface area contributed by atoms with Crippen molar-refractivity contribution < 1.29 is 19.0 Å². The first kappa shape index (κ1) is 15.0. The molecule has 0 radical (unpaired) electrons. The summed E-state index contributed by atoms with van der Waals surface area (Å²) in [7, 11) is 1.57. The van der Waals surface area contributed by atoms with E-state index in [4.69, 9.17) is 14.2 Å². The lowest BCUT2D eigenvalue weighted by Crippen LogP contribution is -2.49. The average molecular weight is 257 g/mol. The summed E-state index contributed by atoms with van der Waals surface area (Å²) in [6.07, 6.45) is 3.38. The lowest BCUT2D eigenvalue weighted by atomic mass is 10.1. The number of amides is 1. The van der Waals surface area contributed by atoms with Crippen LogP contribution >= 0.6 is 0 Å². The van der Waals surface area contributed by atoms with Crippen LogP contribution in [0.15, 0.2) is 12.2 Å². The Bertz CT molecular complexity index is 309. The molecule has 0 aromatic heterocycles. The van der Waals surface area contributed by atoms with Gasteiger partial charge in [0.15, 0.2) is 0 Å². The van der Waals surface area contributed by atoms with E-state index in [0.717, 1.165) is 0 Å². The molecule has 1 aliphatic heterocycles. The first-order valence-corrected chi connectivity index (χ1v) is 6.12. The van der Waals surface area contributed by atoms with Crippen molar-refractivity contribution in [3.05, 3.63) is 12.2 Å². The Balaban J connectivity index is 2.62. The molecule has 0 aromatic rings. The zero-order valence-corrected chi connectivity index (χ0v) is 11.8. The number of hydrogen-bond acceptors (Lipinski definition) is 4. The molecular formula is C13H23NO4. The van der Waals surface area contributed by atoms with Gasteiger partial charge in [-0.1, -0.05) is 12.2 Å². The minimum absolute atomic E-state index is 0.0694. The maximum atomic E-state index is 12.0. The van der Waals surface area contributed by atoms with Gasteiger partial charge in [-0.15, -0.1) is 0 Å². The van der Waals surface area contributed by atoms with Gasteiger partial charge in [0.2, 0.25) is 0 Å². The topological polar surface area (TPSA) is 48.0 Å². The van der Waals surface area contributed by atoms with Gasteiger partial charge >= 0.3 is 6.09 Å². The molecule has 1 aliphatic rings. The molecule has 0 bridgehead atoms. The molecule has 0 aliphatic carbocycles. The molecule has 5 nitrogen and oxygen atoms in total. The number of hydrogen-bond donors (Lipinski definition) is 0. The number of nitrogens with zero attached hydrogens (tertiary/aromatic N) is 1. The van der Waals surface area contributed by atoms with Gasteiger partial charge in [0.25, 0.3) is 0 Å². The Morgan fingerprint density at radius 2 is 2.11 bits per heavy atom. The molecule has 18 heavy (non-hydrogen) atoms. The molecule has 0 saturated heterocycles. The fourth-order valence-electron chi connectivity index (χ4n) is 1.72. The summed E-state index contributed by atoms with van der Waals surface area (Å²) in [5, 5.41) is 0. The van der Waals surface area contributed by atoms with Crippen LogP contribution in [0.4, 0.5) is 4.79 Å². The van der Waals surface area contributed by atoms with Crippen molar-refractivity contribution in [3.8, 4) is 0 Å². The lowest BCUT2D eigenvalue weighted by Gasteiger charge is -2.36. The SMILES string of the molecule is COCO[C@H]1C=CCN(C(=O)OC(C)(C)C)[C@H]1C. The molecular weight excluding hydrogens is 234 g/mol. The third kappa shape index (κ3) is 4.31. The molecule has 0 spiro atoms. The van der Waals surface area contributed by atoms with Gasteiger partial charge in [0.1, 0.15) is 12.4 Å². The fraction of sp³-hybridized carbons (Fsp3) is 0.769. The third-order valence-corrected chi connectivity index (χ3v) is 2.60. The Hall–Kier alpha value is -1.07. The largest absolute Gasteiger partial charge is 0.444 e. The smallest absolute Gasteiger partial charge is 0.410 e. The summed E-state index contributed by atoms with van der Waals surface area (Å²) >= 11 is 0. The molecule has 0 unspecified atom stereocenters. The van der Waals surface area contributed by atoms with Crippen LogP contribution in [-0.4, -0.2) is 49.2 Å². The lowest BCUT2D eigenvalue weighted by molar-refractivity contribution is -0.0819. The van der Waals surface area contributed by atoms with Gasteiger partial charge in [0.05, 0.1) is 12.1 Å². The van der Waals surface area contributed by atoms with Crippen molar-refractivity contribution in [3.63, 3.8) is 0 Å². The van der Waals surface area contributed by atoms with E-state index in [1.165, 1.54) is 0 Å². The molecule has 1 heterocycles. The standard InChI is InChI=1S/C13H23NO4/c1-10-11(17-9-16-5)7-6-8-14(10)12(15)18-13(2,3)4/h6-7,10-11H,8-9H2,1-5H3/t10-,11-/m0/s1. The van der Waals surface area contributed by atoms with Crippen LogP contribution in [0.5, 0.6) is 0 Å². The van der Waals surface area contributed by atoms with Crippen molar-refractivity contribution in [2.75, 3.05) is 20.4 Å². The summed E-state index contributed by atoms with van der Waals surface area (Å²) < 4.78 is 15.7. The van der Waals surface area contributed by atoms with E-state index in [2.05, 4.69) is 0 Å². The summed E-state index contributed by atoms with van der Waals surface area (Å²) in [6.45, 7) is 8.26. The van der Waals surface area contributed by atoms with Gasteiger partial charge in [-0.05, 0) is 27.7 Å². The van der Waals surface area contributed by atoms with Crippen LogP contribution in [0.1, 0.15) is 27.7 Å². The average Bonchev–Trinajstić information content (AvgIpc) is 2.25. The zero-order chi connectivity index (χ0) is 13.8. The first-order chi connectivity index (χ1) is 8.35. The Morgan fingerprint density at radius 3 is 2.67 bits per heavy atom. The number of ether oxygens (including phenoxy) is 3. The monoisotopic (exact) mass is 257 g/mol. The Morgan fingerprint density at radius 1 is 1.44 bits per heavy atom. The molecule has 2 atom stereocenters. The summed E-state index contributed by atoms with van der Waals surface area (Å²) in [6, 6.07) is -0.0694. The summed E-state index contributed by atoms with van der Waals surface area (Å²) in [4.78, 5) is 13.7. The van der Waals surface area contributed by atoms with Crippen LogP contribution in [-0.2, 0) is 14.2 Å². The maximum Gasteiger partial charge on any atom is 0.410 e. The predicted molar refractivity (Wildman–Crippen MR) is 68.3 cm³/mol. The second-order valence-corrected chi connectivity index (χ2v) is 5.34. The van der Waals surface area contributed by atoms with E-state index in [1.807, 2.05) is 39.8 Å². The molecule has 0 aromatic carbocycles. The minimum Gasteiger partial charge on any atom is -0.444 e. The van der Waals surface area contributed by atoms with E-state index >= 15 is 0 Å². The highest BCUT2D eigenvalue weighted by Crippen LogP contribution is 2.18. The van der Waals surface area contributed by atoms with E-state index in [0.29, 0.717) is 6.54 Å². The Labute approximate surface area is 109 Å².